The fourth-order valence-corrected chi connectivity index (χ4v) is 3.73. The topological polar surface area (TPSA) is 88.3 Å². The van der Waals surface area contributed by atoms with Crippen molar-refractivity contribution in [1.82, 2.24) is 15.0 Å². The van der Waals surface area contributed by atoms with Crippen LogP contribution < -0.4 is 5.32 Å². The van der Waals surface area contributed by atoms with Crippen LogP contribution in [0.1, 0.15) is 46.6 Å². The Balaban J connectivity index is 1.37. The van der Waals surface area contributed by atoms with Gasteiger partial charge in [0.1, 0.15) is 5.82 Å². The Morgan fingerprint density at radius 2 is 1.94 bits per heavy atom. The maximum absolute atomic E-state index is 13.8. The third-order valence-electron chi connectivity index (χ3n) is 5.70. The zero-order valence-corrected chi connectivity index (χ0v) is 18.2. The highest BCUT2D eigenvalue weighted by atomic mass is 19.1. The van der Waals surface area contributed by atoms with Gasteiger partial charge >= 0.3 is 0 Å². The SMILES string of the molecule is Cc1ccc(-c2noc(CCC(=O)Nc3cccc(C(=O)N4CCCC4)c3C)n2)cc1F. The van der Waals surface area contributed by atoms with Crippen LogP contribution in [0.2, 0.25) is 0 Å². The molecule has 2 amide bonds. The highest BCUT2D eigenvalue weighted by Crippen LogP contribution is 2.23. The summed E-state index contributed by atoms with van der Waals surface area (Å²) >= 11 is 0. The van der Waals surface area contributed by atoms with Gasteiger partial charge in [-0.1, -0.05) is 23.4 Å². The number of amides is 2. The number of hydrogen-bond acceptors (Lipinski definition) is 5. The van der Waals surface area contributed by atoms with Crippen LogP contribution in [0.5, 0.6) is 0 Å². The van der Waals surface area contributed by atoms with Gasteiger partial charge in [-0.25, -0.2) is 4.39 Å². The summed E-state index contributed by atoms with van der Waals surface area (Å²) < 4.78 is 19.0. The number of carbonyl (C=O) groups is 2. The van der Waals surface area contributed by atoms with Gasteiger partial charge in [-0.05, 0) is 56.0 Å². The number of rotatable bonds is 6. The Morgan fingerprint density at radius 1 is 1.16 bits per heavy atom. The van der Waals surface area contributed by atoms with Crippen molar-refractivity contribution in [3.8, 4) is 11.4 Å². The lowest BCUT2D eigenvalue weighted by molar-refractivity contribution is -0.116. The standard InChI is InChI=1S/C24H25FN4O3/c1-15-8-9-17(14-19(15)25)23-27-22(32-28-23)11-10-21(30)26-20-7-5-6-18(16(20)2)24(31)29-12-3-4-13-29/h5-9,14H,3-4,10-13H2,1-2H3,(H,26,30). The minimum absolute atomic E-state index is 0.00188. The van der Waals surface area contributed by atoms with E-state index in [1.165, 1.54) is 6.07 Å². The molecule has 4 rings (SSSR count). The fourth-order valence-electron chi connectivity index (χ4n) is 3.73. The molecule has 0 spiro atoms. The quantitative estimate of drug-likeness (QED) is 0.622. The highest BCUT2D eigenvalue weighted by molar-refractivity contribution is 5.99. The zero-order chi connectivity index (χ0) is 22.7. The van der Waals surface area contributed by atoms with Crippen molar-refractivity contribution in [3.05, 3.63) is 64.8 Å². The van der Waals surface area contributed by atoms with Crippen LogP contribution in [0.4, 0.5) is 10.1 Å². The van der Waals surface area contributed by atoms with Gasteiger partial charge in [0.05, 0.1) is 0 Å². The first-order valence-electron chi connectivity index (χ1n) is 10.7. The van der Waals surface area contributed by atoms with Gasteiger partial charge in [-0.3, -0.25) is 9.59 Å². The zero-order valence-electron chi connectivity index (χ0n) is 18.2. The molecule has 1 aromatic heterocycles. The fraction of sp³-hybridized carbons (Fsp3) is 0.333. The van der Waals surface area contributed by atoms with Crippen LogP contribution in [0.3, 0.4) is 0 Å². The first kappa shape index (κ1) is 21.7. The Morgan fingerprint density at radius 3 is 2.69 bits per heavy atom. The smallest absolute Gasteiger partial charge is 0.254 e. The largest absolute Gasteiger partial charge is 0.339 e. The second-order valence-electron chi connectivity index (χ2n) is 8.00. The van der Waals surface area contributed by atoms with Crippen LogP contribution in [-0.4, -0.2) is 39.9 Å². The van der Waals surface area contributed by atoms with Gasteiger partial charge < -0.3 is 14.7 Å². The summed E-state index contributed by atoms with van der Waals surface area (Å²) in [5, 5.41) is 6.74. The first-order valence-corrected chi connectivity index (χ1v) is 10.7. The number of likely N-dealkylation sites (tertiary alicyclic amines) is 1. The molecule has 0 aliphatic carbocycles. The normalized spacial score (nSPS) is 13.4. The van der Waals surface area contributed by atoms with E-state index in [2.05, 4.69) is 15.5 Å². The van der Waals surface area contributed by atoms with Crippen molar-refractivity contribution in [2.45, 2.75) is 39.5 Å². The molecule has 8 heteroatoms. The molecule has 1 saturated heterocycles. The lowest BCUT2D eigenvalue weighted by Gasteiger charge is -2.18. The van der Waals surface area contributed by atoms with Gasteiger partial charge in [0.2, 0.25) is 17.6 Å². The summed E-state index contributed by atoms with van der Waals surface area (Å²) in [6.07, 6.45) is 2.43. The van der Waals surface area contributed by atoms with Gasteiger partial charge in [0, 0.05) is 42.7 Å². The van der Waals surface area contributed by atoms with E-state index in [4.69, 9.17) is 4.52 Å². The Labute approximate surface area is 185 Å². The lowest BCUT2D eigenvalue weighted by Crippen LogP contribution is -2.28. The van der Waals surface area contributed by atoms with E-state index in [1.807, 2.05) is 11.8 Å². The maximum atomic E-state index is 13.8. The molecule has 32 heavy (non-hydrogen) atoms. The van der Waals surface area contributed by atoms with E-state index in [-0.39, 0.29) is 36.3 Å². The van der Waals surface area contributed by atoms with Crippen molar-refractivity contribution < 1.29 is 18.5 Å². The number of aryl methyl sites for hydroxylation is 2. The molecule has 2 heterocycles. The van der Waals surface area contributed by atoms with Gasteiger partial charge in [-0.15, -0.1) is 0 Å². The predicted octanol–water partition coefficient (Wildman–Crippen LogP) is 4.30. The van der Waals surface area contributed by atoms with Crippen LogP contribution in [-0.2, 0) is 11.2 Å². The molecule has 0 radical (unpaired) electrons. The van der Waals surface area contributed by atoms with E-state index in [9.17, 15) is 14.0 Å². The number of nitrogens with zero attached hydrogens (tertiary/aromatic N) is 3. The first-order chi connectivity index (χ1) is 15.4. The molecule has 1 N–H and O–H groups in total. The van der Waals surface area contributed by atoms with Gasteiger partial charge in [-0.2, -0.15) is 4.98 Å². The van der Waals surface area contributed by atoms with E-state index >= 15 is 0 Å². The average Bonchev–Trinajstić information content (AvgIpc) is 3.48. The van der Waals surface area contributed by atoms with Crippen molar-refractivity contribution in [2.24, 2.45) is 0 Å². The number of halogens is 1. The molecular formula is C24H25FN4O3. The molecule has 2 aromatic carbocycles. The lowest BCUT2D eigenvalue weighted by atomic mass is 10.1. The molecule has 0 saturated carbocycles. The number of benzene rings is 2. The van der Waals surface area contributed by atoms with Crippen LogP contribution in [0, 0.1) is 19.7 Å². The molecule has 7 nitrogen and oxygen atoms in total. The molecule has 0 bridgehead atoms. The van der Waals surface area contributed by atoms with Crippen molar-refractivity contribution in [2.75, 3.05) is 18.4 Å². The summed E-state index contributed by atoms with van der Waals surface area (Å²) in [6, 6.07) is 10.1. The number of carbonyl (C=O) groups excluding carboxylic acids is 2. The minimum Gasteiger partial charge on any atom is -0.339 e. The summed E-state index contributed by atoms with van der Waals surface area (Å²) in [5.74, 6) is 0.0187. The second-order valence-corrected chi connectivity index (χ2v) is 8.00. The van der Waals surface area contributed by atoms with Crippen LogP contribution >= 0.6 is 0 Å². The van der Waals surface area contributed by atoms with Gasteiger partial charge in [0.25, 0.3) is 5.91 Å². The average molecular weight is 436 g/mol. The van der Waals surface area contributed by atoms with E-state index < -0.39 is 0 Å². The monoisotopic (exact) mass is 436 g/mol. The Kier molecular flexibility index (Phi) is 6.30. The molecule has 0 unspecified atom stereocenters. The summed E-state index contributed by atoms with van der Waals surface area (Å²) in [5.41, 5.74) is 3.02. The van der Waals surface area contributed by atoms with Crippen molar-refractivity contribution in [3.63, 3.8) is 0 Å². The summed E-state index contributed by atoms with van der Waals surface area (Å²) in [4.78, 5) is 31.3. The Bertz CT molecular complexity index is 1150. The van der Waals surface area contributed by atoms with Crippen LogP contribution in [0.15, 0.2) is 40.9 Å². The minimum atomic E-state index is -0.339. The van der Waals surface area contributed by atoms with Crippen LogP contribution in [0.25, 0.3) is 11.4 Å². The molecule has 3 aromatic rings. The summed E-state index contributed by atoms with van der Waals surface area (Å²) in [7, 11) is 0. The second kappa shape index (κ2) is 9.30. The van der Waals surface area contributed by atoms with Gasteiger partial charge in [0.15, 0.2) is 0 Å². The third-order valence-corrected chi connectivity index (χ3v) is 5.70. The predicted molar refractivity (Wildman–Crippen MR) is 118 cm³/mol. The van der Waals surface area contributed by atoms with Crippen molar-refractivity contribution in [1.29, 1.82) is 0 Å². The Hall–Kier alpha value is -3.55. The van der Waals surface area contributed by atoms with E-state index in [0.717, 1.165) is 31.5 Å². The number of anilines is 1. The van der Waals surface area contributed by atoms with Crippen molar-refractivity contribution >= 4 is 17.5 Å². The summed E-state index contributed by atoms with van der Waals surface area (Å²) in [6.45, 7) is 5.07. The number of hydrogen-bond donors (Lipinski definition) is 1. The number of aromatic nitrogens is 2. The molecule has 1 fully saturated rings. The maximum Gasteiger partial charge on any atom is 0.254 e. The third kappa shape index (κ3) is 4.69. The number of nitrogens with one attached hydrogen (secondary N) is 1. The molecule has 0 atom stereocenters. The molecular weight excluding hydrogens is 411 g/mol. The molecule has 166 valence electrons. The molecule has 1 aliphatic rings. The highest BCUT2D eigenvalue weighted by Gasteiger charge is 2.22. The van der Waals surface area contributed by atoms with E-state index in [1.54, 1.807) is 37.3 Å². The van der Waals surface area contributed by atoms with E-state index in [0.29, 0.717) is 28.3 Å². The molecule has 1 aliphatic heterocycles.